The van der Waals surface area contributed by atoms with Crippen LogP contribution in [0.4, 0.5) is 65.9 Å². The van der Waals surface area contributed by atoms with Crippen LogP contribution in [0.15, 0.2) is 0 Å². The van der Waals surface area contributed by atoms with Crippen LogP contribution in [0.2, 0.25) is 0 Å². The van der Waals surface area contributed by atoms with Crippen molar-refractivity contribution in [2.45, 2.75) is 100 Å². The van der Waals surface area contributed by atoms with E-state index in [1.165, 1.54) is 0 Å². The van der Waals surface area contributed by atoms with Crippen molar-refractivity contribution in [1.82, 2.24) is 0 Å². The predicted molar refractivity (Wildman–Crippen MR) is 92.7 cm³/mol. The molecule has 4 rings (SSSR count). The second kappa shape index (κ2) is 7.74. The Hall–Kier alpha value is -1.13. The molecule has 17 heteroatoms. The molecule has 0 radical (unpaired) electrons. The summed E-state index contributed by atoms with van der Waals surface area (Å²) in [6.07, 6.45) is -34.6. The fourth-order valence-electron chi connectivity index (χ4n) is 7.22. The second-order valence-electron chi connectivity index (χ2n) is 10.8. The predicted octanol–water partition coefficient (Wildman–Crippen LogP) is 7.65. The van der Waals surface area contributed by atoms with Gasteiger partial charge in [-0.15, -0.1) is 0 Å². The minimum Gasteiger partial charge on any atom is -0.373 e. The summed E-state index contributed by atoms with van der Waals surface area (Å²) < 4.78 is 215. The summed E-state index contributed by atoms with van der Waals surface area (Å²) in [6, 6.07) is 0. The fourth-order valence-corrected chi connectivity index (χ4v) is 7.22. The van der Waals surface area contributed by atoms with E-state index >= 15 is 0 Å². The van der Waals surface area contributed by atoms with Gasteiger partial charge in [0.1, 0.15) is 0 Å². The summed E-state index contributed by atoms with van der Waals surface area (Å²) >= 11 is 0. The summed E-state index contributed by atoms with van der Waals surface area (Å²) in [6.45, 7) is -0.852. The van der Waals surface area contributed by atoms with Gasteiger partial charge in [0.15, 0.2) is 0 Å². The van der Waals surface area contributed by atoms with Gasteiger partial charge < -0.3 is 9.84 Å². The van der Waals surface area contributed by atoms with E-state index in [1.54, 1.807) is 0 Å². The Balaban J connectivity index is 2.37. The zero-order valence-corrected chi connectivity index (χ0v) is 18.9. The van der Waals surface area contributed by atoms with Gasteiger partial charge >= 0.3 is 30.6 Å². The van der Waals surface area contributed by atoms with Crippen LogP contribution in [0.1, 0.15) is 52.4 Å². The third-order valence-electron chi connectivity index (χ3n) is 8.32. The van der Waals surface area contributed by atoms with E-state index in [-0.39, 0.29) is 6.42 Å². The minimum absolute atomic E-state index is 0.377. The third-order valence-corrected chi connectivity index (χ3v) is 8.32. The summed E-state index contributed by atoms with van der Waals surface area (Å²) in [5.41, 5.74) is -19.1. The number of ether oxygens (including phenoxy) is 1. The Labute approximate surface area is 199 Å². The van der Waals surface area contributed by atoms with Gasteiger partial charge in [0.2, 0.25) is 0 Å². The molecule has 0 amide bonds. The lowest BCUT2D eigenvalue weighted by Crippen LogP contribution is -2.79. The van der Waals surface area contributed by atoms with Gasteiger partial charge in [-0.1, -0.05) is 0 Å². The first-order valence-corrected chi connectivity index (χ1v) is 10.8. The molecule has 37 heavy (non-hydrogen) atoms. The maximum absolute atomic E-state index is 14.8. The second-order valence-corrected chi connectivity index (χ2v) is 10.8. The normalized spacial score (nSPS) is 33.6. The van der Waals surface area contributed by atoms with E-state index in [0.717, 1.165) is 0 Å². The van der Waals surface area contributed by atoms with Crippen molar-refractivity contribution in [2.24, 2.45) is 22.7 Å². The van der Waals surface area contributed by atoms with Gasteiger partial charge in [-0.25, -0.2) is 13.2 Å². The van der Waals surface area contributed by atoms with Gasteiger partial charge in [0.05, 0.1) is 0 Å². The van der Waals surface area contributed by atoms with E-state index in [1.807, 2.05) is 0 Å². The Morgan fingerprint density at radius 1 is 0.595 bits per heavy atom. The molecule has 4 bridgehead atoms. The average molecular weight is 578 g/mol. The maximum atomic E-state index is 14.8. The topological polar surface area (TPSA) is 29.5 Å². The van der Waals surface area contributed by atoms with Gasteiger partial charge in [0, 0.05) is 24.7 Å². The molecule has 1 N–H and O–H groups in total. The molecule has 0 aromatic carbocycles. The van der Waals surface area contributed by atoms with Crippen LogP contribution in [-0.4, -0.2) is 52.8 Å². The first-order chi connectivity index (χ1) is 16.0. The number of halogens is 15. The van der Waals surface area contributed by atoms with Gasteiger partial charge in [-0.05, 0) is 50.4 Å². The lowest BCUT2D eigenvalue weighted by Gasteiger charge is -2.69. The average Bonchev–Trinajstić information content (AvgIpc) is 2.59. The van der Waals surface area contributed by atoms with Crippen LogP contribution >= 0.6 is 0 Å². The smallest absolute Gasteiger partial charge is 0.373 e. The molecule has 4 aliphatic rings. The molecule has 218 valence electrons. The van der Waals surface area contributed by atoms with E-state index in [9.17, 15) is 71.0 Å². The monoisotopic (exact) mass is 578 g/mol. The summed E-state index contributed by atoms with van der Waals surface area (Å²) in [5, 5.41) is 10.1. The molecule has 3 atom stereocenters. The lowest BCUT2D eigenvalue weighted by molar-refractivity contribution is -0.485. The SMILES string of the molecule is CC(F)(F)C(C)(F)OC(C(F)(F)F)(C(F)(F)F)C12CC3CC(CC(C(O)(C(F)(F)F)C(F)(F)F)(C3)C1)C2. The highest BCUT2D eigenvalue weighted by atomic mass is 19.4. The van der Waals surface area contributed by atoms with Crippen LogP contribution in [0.3, 0.4) is 0 Å². The highest BCUT2D eigenvalue weighted by Crippen LogP contribution is 2.77. The molecule has 4 aliphatic carbocycles. The van der Waals surface area contributed by atoms with Gasteiger partial charge in [-0.3, -0.25) is 0 Å². The molecule has 4 saturated carbocycles. The van der Waals surface area contributed by atoms with Crippen molar-refractivity contribution < 1.29 is 75.7 Å². The van der Waals surface area contributed by atoms with Crippen molar-refractivity contribution in [1.29, 1.82) is 0 Å². The zero-order valence-electron chi connectivity index (χ0n) is 18.9. The highest BCUT2D eigenvalue weighted by molar-refractivity contribution is 5.24. The van der Waals surface area contributed by atoms with Crippen molar-refractivity contribution in [3.05, 3.63) is 0 Å². The number of hydrogen-bond donors (Lipinski definition) is 1. The van der Waals surface area contributed by atoms with Crippen LogP contribution in [0.5, 0.6) is 0 Å². The van der Waals surface area contributed by atoms with Crippen LogP contribution < -0.4 is 0 Å². The summed E-state index contributed by atoms with van der Waals surface area (Å²) in [4.78, 5) is 0. The zero-order chi connectivity index (χ0) is 29.1. The lowest BCUT2D eigenvalue weighted by atomic mass is 9.37. The Morgan fingerprint density at radius 2 is 0.946 bits per heavy atom. The molecule has 0 spiro atoms. The number of hydrogen-bond acceptors (Lipinski definition) is 2. The standard InChI is InChI=1S/C20H21F15O2/c1-11(21,22)12(2,23)37-16(19(30,31)32,20(33,34)35)14-6-9-3-10(7-14)5-13(4-9,8-14)15(36,17(24,25)26)18(27,28)29/h9-10,36H,3-8H2,1-2H3. The molecular weight excluding hydrogens is 557 g/mol. The number of alkyl halides is 15. The molecule has 0 heterocycles. The Kier molecular flexibility index (Phi) is 6.37. The van der Waals surface area contributed by atoms with E-state index < -0.39 is 116 Å². The Bertz CT molecular complexity index is 848. The molecular formula is C20H21F15O2. The third kappa shape index (κ3) is 3.93. The van der Waals surface area contributed by atoms with Crippen molar-refractivity contribution in [3.63, 3.8) is 0 Å². The first-order valence-electron chi connectivity index (χ1n) is 10.8. The minimum atomic E-state index is -6.83. The largest absolute Gasteiger partial charge is 0.427 e. The van der Waals surface area contributed by atoms with Crippen LogP contribution in [0.25, 0.3) is 0 Å². The maximum Gasteiger partial charge on any atom is 0.427 e. The molecule has 0 aromatic rings. The highest BCUT2D eigenvalue weighted by Gasteiger charge is 2.89. The van der Waals surface area contributed by atoms with Crippen LogP contribution in [0, 0.1) is 22.7 Å². The van der Waals surface area contributed by atoms with Crippen molar-refractivity contribution >= 4 is 0 Å². The summed E-state index contributed by atoms with van der Waals surface area (Å²) in [7, 11) is 0. The van der Waals surface area contributed by atoms with E-state index in [4.69, 9.17) is 0 Å². The van der Waals surface area contributed by atoms with Gasteiger partial charge in [-0.2, -0.15) is 52.7 Å². The quantitative estimate of drug-likeness (QED) is 0.340. The van der Waals surface area contributed by atoms with Crippen molar-refractivity contribution in [2.75, 3.05) is 0 Å². The summed E-state index contributed by atoms with van der Waals surface area (Å²) in [5.74, 6) is -13.3. The Morgan fingerprint density at radius 3 is 1.24 bits per heavy atom. The van der Waals surface area contributed by atoms with Gasteiger partial charge in [0.25, 0.3) is 17.1 Å². The molecule has 3 unspecified atom stereocenters. The number of rotatable bonds is 5. The molecule has 0 saturated heterocycles. The van der Waals surface area contributed by atoms with Crippen LogP contribution in [-0.2, 0) is 4.74 Å². The molecule has 2 nitrogen and oxygen atoms in total. The number of aliphatic hydroxyl groups is 1. The van der Waals surface area contributed by atoms with E-state index in [0.29, 0.717) is 0 Å². The van der Waals surface area contributed by atoms with Crippen molar-refractivity contribution in [3.8, 4) is 0 Å². The van der Waals surface area contributed by atoms with E-state index in [2.05, 4.69) is 4.74 Å². The molecule has 0 aliphatic heterocycles. The fraction of sp³-hybridized carbons (Fsp3) is 1.00. The molecule has 4 fully saturated rings. The first kappa shape index (κ1) is 30.4. The molecule has 0 aromatic heterocycles.